The Balaban J connectivity index is 1.98. The maximum Gasteiger partial charge on any atom is 0.227 e. The molecule has 0 bridgehead atoms. The van der Waals surface area contributed by atoms with E-state index < -0.39 is 0 Å². The van der Waals surface area contributed by atoms with Crippen LogP contribution in [0.4, 0.5) is 4.39 Å². The molecule has 1 unspecified atom stereocenters. The van der Waals surface area contributed by atoms with Gasteiger partial charge in [-0.3, -0.25) is 4.79 Å². The van der Waals surface area contributed by atoms with Gasteiger partial charge in [0.25, 0.3) is 0 Å². The van der Waals surface area contributed by atoms with Crippen LogP contribution in [0.3, 0.4) is 0 Å². The third kappa shape index (κ3) is 3.77. The van der Waals surface area contributed by atoms with Crippen LogP contribution in [-0.2, 0) is 11.2 Å². The van der Waals surface area contributed by atoms with Gasteiger partial charge in [-0.1, -0.05) is 12.1 Å². The first kappa shape index (κ1) is 14.0. The lowest BCUT2D eigenvalue weighted by Crippen LogP contribution is -2.42. The summed E-state index contributed by atoms with van der Waals surface area (Å²) in [5.41, 5.74) is 6.70. The lowest BCUT2D eigenvalue weighted by molar-refractivity contribution is -0.136. The average Bonchev–Trinajstić information content (AvgIpc) is 2.47. The van der Waals surface area contributed by atoms with E-state index in [2.05, 4.69) is 0 Å². The molecule has 1 fully saturated rings. The second kappa shape index (κ2) is 6.66. The van der Waals surface area contributed by atoms with E-state index in [0.717, 1.165) is 31.5 Å². The fourth-order valence-electron chi connectivity index (χ4n) is 2.55. The number of benzene rings is 1. The summed E-state index contributed by atoms with van der Waals surface area (Å²) in [7, 11) is 0. The first-order valence-electron chi connectivity index (χ1n) is 6.94. The zero-order valence-corrected chi connectivity index (χ0v) is 11.1. The Bertz CT molecular complexity index is 413. The fraction of sp³-hybridized carbons (Fsp3) is 0.533. The van der Waals surface area contributed by atoms with Crippen molar-refractivity contribution in [2.24, 2.45) is 11.7 Å². The number of nitrogens with zero attached hydrogens (tertiary/aromatic N) is 1. The molecule has 1 aromatic carbocycles. The highest BCUT2D eigenvalue weighted by Crippen LogP contribution is 2.16. The normalized spacial score (nSPS) is 17.3. The minimum atomic E-state index is -0.254. The Labute approximate surface area is 113 Å². The van der Waals surface area contributed by atoms with Crippen molar-refractivity contribution in [2.45, 2.75) is 25.7 Å². The average molecular weight is 264 g/mol. The molecular formula is C15H21FN2O. The minimum Gasteiger partial charge on any atom is -0.342 e. The van der Waals surface area contributed by atoms with Crippen molar-refractivity contribution >= 4 is 5.91 Å². The van der Waals surface area contributed by atoms with E-state index in [9.17, 15) is 9.18 Å². The SMILES string of the molecule is NCC(Cc1ccc(F)cc1)C(=O)N1CCCCC1. The number of piperidine rings is 1. The molecule has 1 aliphatic heterocycles. The van der Waals surface area contributed by atoms with Gasteiger partial charge in [-0.05, 0) is 43.4 Å². The molecule has 2 N–H and O–H groups in total. The summed E-state index contributed by atoms with van der Waals surface area (Å²) in [5, 5.41) is 0. The highest BCUT2D eigenvalue weighted by molar-refractivity contribution is 5.79. The number of amides is 1. The molecule has 0 saturated carbocycles. The third-order valence-corrected chi connectivity index (χ3v) is 3.70. The van der Waals surface area contributed by atoms with Crippen molar-refractivity contribution in [1.82, 2.24) is 4.90 Å². The number of hydrogen-bond acceptors (Lipinski definition) is 2. The van der Waals surface area contributed by atoms with E-state index in [1.54, 1.807) is 12.1 Å². The van der Waals surface area contributed by atoms with Gasteiger partial charge in [-0.2, -0.15) is 0 Å². The number of nitrogens with two attached hydrogens (primary N) is 1. The maximum absolute atomic E-state index is 12.9. The lowest BCUT2D eigenvalue weighted by atomic mass is 9.97. The molecule has 1 aromatic rings. The molecule has 19 heavy (non-hydrogen) atoms. The molecule has 4 heteroatoms. The van der Waals surface area contributed by atoms with Gasteiger partial charge in [0.15, 0.2) is 0 Å². The number of carbonyl (C=O) groups excluding carboxylic acids is 1. The van der Waals surface area contributed by atoms with E-state index in [1.165, 1.54) is 18.6 Å². The molecule has 104 valence electrons. The summed E-state index contributed by atoms with van der Waals surface area (Å²) in [5.74, 6) is -0.300. The summed E-state index contributed by atoms with van der Waals surface area (Å²) >= 11 is 0. The summed E-state index contributed by atoms with van der Waals surface area (Å²) < 4.78 is 12.9. The zero-order valence-electron chi connectivity index (χ0n) is 11.1. The highest BCUT2D eigenvalue weighted by atomic mass is 19.1. The van der Waals surface area contributed by atoms with Crippen LogP contribution in [0.15, 0.2) is 24.3 Å². The third-order valence-electron chi connectivity index (χ3n) is 3.70. The number of hydrogen-bond donors (Lipinski definition) is 1. The van der Waals surface area contributed by atoms with Crippen molar-refractivity contribution in [3.05, 3.63) is 35.6 Å². The molecule has 1 aliphatic rings. The Morgan fingerprint density at radius 3 is 2.42 bits per heavy atom. The van der Waals surface area contributed by atoms with Crippen LogP contribution >= 0.6 is 0 Å². The molecule has 1 atom stereocenters. The molecule has 2 rings (SSSR count). The fourth-order valence-corrected chi connectivity index (χ4v) is 2.55. The number of rotatable bonds is 4. The Hall–Kier alpha value is -1.42. The second-order valence-electron chi connectivity index (χ2n) is 5.15. The Morgan fingerprint density at radius 1 is 1.21 bits per heavy atom. The van der Waals surface area contributed by atoms with Gasteiger partial charge in [0, 0.05) is 19.6 Å². The van der Waals surface area contributed by atoms with Crippen molar-refractivity contribution in [2.75, 3.05) is 19.6 Å². The standard InChI is InChI=1S/C15H21FN2O/c16-14-6-4-12(5-7-14)10-13(11-17)15(19)18-8-2-1-3-9-18/h4-7,13H,1-3,8-11,17H2. The monoisotopic (exact) mass is 264 g/mol. The van der Waals surface area contributed by atoms with Gasteiger partial charge in [0.1, 0.15) is 5.82 Å². The Kier molecular flexibility index (Phi) is 4.91. The predicted molar refractivity (Wildman–Crippen MR) is 73.1 cm³/mol. The van der Waals surface area contributed by atoms with Gasteiger partial charge in [-0.15, -0.1) is 0 Å². The summed E-state index contributed by atoms with van der Waals surface area (Å²) in [4.78, 5) is 14.3. The van der Waals surface area contributed by atoms with Gasteiger partial charge < -0.3 is 10.6 Å². The molecule has 0 aliphatic carbocycles. The van der Waals surface area contributed by atoms with Crippen molar-refractivity contribution < 1.29 is 9.18 Å². The van der Waals surface area contributed by atoms with Crippen molar-refractivity contribution in [1.29, 1.82) is 0 Å². The van der Waals surface area contributed by atoms with Gasteiger partial charge in [-0.25, -0.2) is 4.39 Å². The first-order chi connectivity index (χ1) is 9.20. The smallest absolute Gasteiger partial charge is 0.227 e. The van der Waals surface area contributed by atoms with Crippen molar-refractivity contribution in [3.63, 3.8) is 0 Å². The minimum absolute atomic E-state index is 0.145. The van der Waals surface area contributed by atoms with Crippen LogP contribution < -0.4 is 5.73 Å². The van der Waals surface area contributed by atoms with Crippen LogP contribution in [0, 0.1) is 11.7 Å². The summed E-state index contributed by atoms with van der Waals surface area (Å²) in [6.45, 7) is 2.03. The van der Waals surface area contributed by atoms with E-state index in [1.807, 2.05) is 4.90 Å². The highest BCUT2D eigenvalue weighted by Gasteiger charge is 2.24. The van der Waals surface area contributed by atoms with Crippen molar-refractivity contribution in [3.8, 4) is 0 Å². The largest absolute Gasteiger partial charge is 0.342 e. The van der Waals surface area contributed by atoms with Gasteiger partial charge >= 0.3 is 0 Å². The topological polar surface area (TPSA) is 46.3 Å². The summed E-state index contributed by atoms with van der Waals surface area (Å²) in [6, 6.07) is 6.30. The van der Waals surface area contributed by atoms with Crippen LogP contribution in [0.1, 0.15) is 24.8 Å². The number of likely N-dealkylation sites (tertiary alicyclic amines) is 1. The molecule has 1 saturated heterocycles. The number of halogens is 1. The molecule has 3 nitrogen and oxygen atoms in total. The van der Waals surface area contributed by atoms with Gasteiger partial charge in [0.2, 0.25) is 5.91 Å². The van der Waals surface area contributed by atoms with Gasteiger partial charge in [0.05, 0.1) is 5.92 Å². The molecular weight excluding hydrogens is 243 g/mol. The molecule has 0 radical (unpaired) electrons. The zero-order chi connectivity index (χ0) is 13.7. The van der Waals surface area contributed by atoms with E-state index >= 15 is 0 Å². The quantitative estimate of drug-likeness (QED) is 0.903. The molecule has 1 amide bonds. The maximum atomic E-state index is 12.9. The first-order valence-corrected chi connectivity index (χ1v) is 6.94. The lowest BCUT2D eigenvalue weighted by Gasteiger charge is -2.30. The van der Waals surface area contributed by atoms with E-state index in [4.69, 9.17) is 5.73 Å². The predicted octanol–water partition coefficient (Wildman–Crippen LogP) is 1.96. The molecule has 0 aromatic heterocycles. The second-order valence-corrected chi connectivity index (χ2v) is 5.15. The van der Waals surface area contributed by atoms with Crippen LogP contribution in [0.5, 0.6) is 0 Å². The summed E-state index contributed by atoms with van der Waals surface area (Å²) in [6.07, 6.45) is 3.96. The molecule has 0 spiro atoms. The molecule has 1 heterocycles. The van der Waals surface area contributed by atoms with Crippen LogP contribution in [-0.4, -0.2) is 30.4 Å². The Morgan fingerprint density at radius 2 is 1.84 bits per heavy atom. The van der Waals surface area contributed by atoms with Crippen LogP contribution in [0.2, 0.25) is 0 Å². The van der Waals surface area contributed by atoms with E-state index in [0.29, 0.717) is 13.0 Å². The van der Waals surface area contributed by atoms with Crippen LogP contribution in [0.25, 0.3) is 0 Å². The number of carbonyl (C=O) groups is 1. The van der Waals surface area contributed by atoms with E-state index in [-0.39, 0.29) is 17.6 Å².